The average Bonchev–Trinajstić information content (AvgIpc) is 3.78. The van der Waals surface area contributed by atoms with Crippen LogP contribution in [-0.4, -0.2) is 69.8 Å². The molecule has 14 heterocycles. The van der Waals surface area contributed by atoms with Gasteiger partial charge >= 0.3 is 0 Å². The van der Waals surface area contributed by atoms with Crippen molar-refractivity contribution >= 4 is 0 Å². The summed E-state index contributed by atoms with van der Waals surface area (Å²) in [5.41, 5.74) is 18.6. The third-order valence-corrected chi connectivity index (χ3v) is 13.4. The van der Waals surface area contributed by atoms with Crippen molar-refractivity contribution < 1.29 is 0 Å². The fourth-order valence-electron chi connectivity index (χ4n) is 9.32. The molecule has 0 radical (unpaired) electrons. The third kappa shape index (κ3) is 11.8. The fourth-order valence-corrected chi connectivity index (χ4v) is 9.32. The summed E-state index contributed by atoms with van der Waals surface area (Å²) in [7, 11) is 0. The van der Waals surface area contributed by atoms with Crippen LogP contribution in [-0.2, 0) is 0 Å². The van der Waals surface area contributed by atoms with Crippen LogP contribution >= 0.6 is 0 Å². The van der Waals surface area contributed by atoms with Crippen LogP contribution in [0.1, 0.15) is 0 Å². The standard InChI is InChI=1S/2C35H23N7/c2*1-4-19-36-26(10-1)29-14-7-13-25(39-29)24-22-34(32-17-8-15-30(40-32)27-11-2-5-20-37-27)42-35(23-24)33-18-9-16-31(41-33)28-12-3-6-21-38-28/h2*1-23H. The van der Waals surface area contributed by atoms with Crippen LogP contribution < -0.4 is 0 Å². The molecular weight excluding hydrogens is 1040 g/mol. The molecule has 0 unspecified atom stereocenters. The number of hydrogen-bond acceptors (Lipinski definition) is 14. The molecule has 84 heavy (non-hydrogen) atoms. The highest BCUT2D eigenvalue weighted by Gasteiger charge is 2.17. The topological polar surface area (TPSA) is 180 Å². The van der Waals surface area contributed by atoms with Crippen molar-refractivity contribution in [3.63, 3.8) is 0 Å². The van der Waals surface area contributed by atoms with Crippen LogP contribution in [0.15, 0.2) is 280 Å². The van der Waals surface area contributed by atoms with Gasteiger partial charge in [0, 0.05) is 48.3 Å². The zero-order chi connectivity index (χ0) is 56.3. The van der Waals surface area contributed by atoms with Gasteiger partial charge in [0.05, 0.1) is 125 Å². The molecule has 0 aliphatic heterocycles. The predicted molar refractivity (Wildman–Crippen MR) is 327 cm³/mol. The number of aromatic nitrogens is 14. The zero-order valence-electron chi connectivity index (χ0n) is 44.8. The van der Waals surface area contributed by atoms with Gasteiger partial charge < -0.3 is 0 Å². The van der Waals surface area contributed by atoms with Gasteiger partial charge in [-0.1, -0.05) is 72.8 Å². The summed E-state index contributed by atoms with van der Waals surface area (Å²) in [5.74, 6) is 0. The molecule has 0 fully saturated rings. The van der Waals surface area contributed by atoms with E-state index in [0.29, 0.717) is 22.8 Å². The third-order valence-electron chi connectivity index (χ3n) is 13.4. The van der Waals surface area contributed by atoms with Gasteiger partial charge in [0.25, 0.3) is 0 Å². The Balaban J connectivity index is 0.000000157. The van der Waals surface area contributed by atoms with Crippen molar-refractivity contribution in [3.8, 4) is 136 Å². The van der Waals surface area contributed by atoms with E-state index in [9.17, 15) is 0 Å². The van der Waals surface area contributed by atoms with E-state index in [1.54, 1.807) is 37.2 Å². The molecule has 0 saturated carbocycles. The highest BCUT2D eigenvalue weighted by molar-refractivity contribution is 5.78. The van der Waals surface area contributed by atoms with Crippen LogP contribution in [0.5, 0.6) is 0 Å². The Bertz CT molecular complexity index is 3760. The summed E-state index contributed by atoms with van der Waals surface area (Å²) in [6, 6.07) is 78.2. The van der Waals surface area contributed by atoms with Gasteiger partial charge in [-0.15, -0.1) is 0 Å². The quantitative estimate of drug-likeness (QED) is 0.113. The second-order valence-electron chi connectivity index (χ2n) is 19.0. The first-order chi connectivity index (χ1) is 41.6. The Labute approximate surface area is 483 Å². The summed E-state index contributed by atoms with van der Waals surface area (Å²) in [6.07, 6.45) is 10.6. The van der Waals surface area contributed by atoms with Gasteiger partial charge in [-0.3, -0.25) is 29.9 Å². The summed E-state index contributed by atoms with van der Waals surface area (Å²) in [4.78, 5) is 66.6. The highest BCUT2D eigenvalue weighted by atomic mass is 14.9. The van der Waals surface area contributed by atoms with E-state index in [-0.39, 0.29) is 0 Å². The lowest BCUT2D eigenvalue weighted by Crippen LogP contribution is -1.97. The second kappa shape index (κ2) is 24.2. The smallest absolute Gasteiger partial charge is 0.0901 e. The molecule has 14 heteroatoms. The number of rotatable bonds is 12. The lowest BCUT2D eigenvalue weighted by atomic mass is 10.1. The summed E-state index contributed by atoms with van der Waals surface area (Å²) < 4.78 is 0. The summed E-state index contributed by atoms with van der Waals surface area (Å²) >= 11 is 0. The number of nitrogens with zero attached hydrogens (tertiary/aromatic N) is 14. The maximum atomic E-state index is 5.04. The van der Waals surface area contributed by atoms with Crippen molar-refractivity contribution in [1.82, 2.24) is 69.8 Å². The van der Waals surface area contributed by atoms with Crippen LogP contribution in [0.4, 0.5) is 0 Å². The highest BCUT2D eigenvalue weighted by Crippen LogP contribution is 2.34. The molecule has 0 atom stereocenters. The van der Waals surface area contributed by atoms with E-state index in [2.05, 4.69) is 29.9 Å². The first-order valence-corrected chi connectivity index (χ1v) is 27.0. The lowest BCUT2D eigenvalue weighted by molar-refractivity contribution is 1.19. The number of pyridine rings is 14. The van der Waals surface area contributed by atoms with E-state index >= 15 is 0 Å². The van der Waals surface area contributed by atoms with Crippen LogP contribution in [0.25, 0.3) is 136 Å². The van der Waals surface area contributed by atoms with E-state index < -0.39 is 0 Å². The molecule has 396 valence electrons. The molecule has 0 aliphatic rings. The Kier molecular flexibility index (Phi) is 14.9. The maximum absolute atomic E-state index is 5.04. The molecule has 0 aromatic carbocycles. The Hall–Kier alpha value is -11.9. The molecule has 0 amide bonds. The van der Waals surface area contributed by atoms with Crippen LogP contribution in [0, 0.1) is 0 Å². The summed E-state index contributed by atoms with van der Waals surface area (Å²) in [6.45, 7) is 0. The zero-order valence-corrected chi connectivity index (χ0v) is 44.8. The Morgan fingerprint density at radius 1 is 0.131 bits per heavy atom. The van der Waals surface area contributed by atoms with E-state index in [0.717, 1.165) is 114 Å². The van der Waals surface area contributed by atoms with E-state index in [4.69, 9.17) is 39.9 Å². The molecule has 14 aromatic heterocycles. The number of hydrogen-bond donors (Lipinski definition) is 0. The van der Waals surface area contributed by atoms with Gasteiger partial charge in [-0.05, 0) is 170 Å². The minimum atomic E-state index is 0.704. The molecule has 14 aromatic rings. The Morgan fingerprint density at radius 2 is 0.286 bits per heavy atom. The molecule has 0 aliphatic carbocycles. The fraction of sp³-hybridized carbons (Fsp3) is 0. The molecule has 0 saturated heterocycles. The van der Waals surface area contributed by atoms with Gasteiger partial charge in [-0.2, -0.15) is 0 Å². The minimum Gasteiger partial charge on any atom is -0.255 e. The minimum absolute atomic E-state index is 0.704. The SMILES string of the molecule is c1ccc(-c2cccc(-c3cc(-c4cccc(-c5ccccn5)n4)nc(-c4cccc(-c5ccccn5)n4)c3)n2)nc1.c1ccc(-c2cccc(-c3cc(-c4cccc(-c5ccccn5)n4)nc(-c4cccc(-c5ccccn5)n4)c3)n2)nc1. The van der Waals surface area contributed by atoms with Gasteiger partial charge in [0.2, 0.25) is 0 Å². The van der Waals surface area contributed by atoms with Crippen molar-refractivity contribution in [1.29, 1.82) is 0 Å². The first-order valence-electron chi connectivity index (χ1n) is 27.0. The van der Waals surface area contributed by atoms with Gasteiger partial charge in [0.1, 0.15) is 0 Å². The molecule has 0 N–H and O–H groups in total. The maximum Gasteiger partial charge on any atom is 0.0901 e. The molecular formula is C70H46N14. The van der Waals surface area contributed by atoms with E-state index in [1.165, 1.54) is 0 Å². The van der Waals surface area contributed by atoms with Crippen molar-refractivity contribution in [2.75, 3.05) is 0 Å². The Morgan fingerprint density at radius 3 is 0.476 bits per heavy atom. The van der Waals surface area contributed by atoms with Crippen LogP contribution in [0.3, 0.4) is 0 Å². The van der Waals surface area contributed by atoms with Crippen molar-refractivity contribution in [3.05, 3.63) is 280 Å². The first kappa shape index (κ1) is 51.5. The van der Waals surface area contributed by atoms with E-state index in [1.807, 2.05) is 243 Å². The summed E-state index contributed by atoms with van der Waals surface area (Å²) in [5, 5.41) is 0. The molecule has 0 bridgehead atoms. The van der Waals surface area contributed by atoms with Crippen molar-refractivity contribution in [2.45, 2.75) is 0 Å². The molecule has 14 rings (SSSR count). The monoisotopic (exact) mass is 1080 g/mol. The molecule has 14 nitrogen and oxygen atoms in total. The van der Waals surface area contributed by atoms with Crippen molar-refractivity contribution in [2.24, 2.45) is 0 Å². The largest absolute Gasteiger partial charge is 0.255 e. The van der Waals surface area contributed by atoms with Crippen LogP contribution in [0.2, 0.25) is 0 Å². The predicted octanol–water partition coefficient (Wildman–Crippen LogP) is 14.9. The average molecular weight is 1080 g/mol. The van der Waals surface area contributed by atoms with Gasteiger partial charge in [-0.25, -0.2) is 39.9 Å². The second-order valence-corrected chi connectivity index (χ2v) is 19.0. The lowest BCUT2D eigenvalue weighted by Gasteiger charge is -2.11. The van der Waals surface area contributed by atoms with Gasteiger partial charge in [0.15, 0.2) is 0 Å². The normalized spacial score (nSPS) is 10.9. The molecule has 0 spiro atoms.